The van der Waals surface area contributed by atoms with Gasteiger partial charge in [0, 0.05) is 18.1 Å². The van der Waals surface area contributed by atoms with E-state index >= 15 is 0 Å². The summed E-state index contributed by atoms with van der Waals surface area (Å²) in [6.45, 7) is 3.32. The van der Waals surface area contributed by atoms with Crippen molar-refractivity contribution in [2.45, 2.75) is 37.6 Å². The van der Waals surface area contributed by atoms with Crippen LogP contribution < -0.4 is 5.01 Å². The van der Waals surface area contributed by atoms with E-state index < -0.39 is 20.8 Å². The number of fused-ring (bicyclic) bond motifs is 1. The number of carbonyl (C=O) groups excluding carboxylic acids is 1. The number of rotatable bonds is 3. The van der Waals surface area contributed by atoms with Gasteiger partial charge in [-0.3, -0.25) is 9.80 Å². The van der Waals surface area contributed by atoms with Crippen molar-refractivity contribution in [1.29, 1.82) is 0 Å². The van der Waals surface area contributed by atoms with E-state index in [1.54, 1.807) is 34.2 Å². The van der Waals surface area contributed by atoms with E-state index in [0.717, 1.165) is 30.4 Å². The highest BCUT2D eigenvalue weighted by Crippen LogP contribution is 2.34. The zero-order valence-electron chi connectivity index (χ0n) is 16.1. The molecule has 0 bridgehead atoms. The van der Waals surface area contributed by atoms with Gasteiger partial charge < -0.3 is 4.90 Å². The zero-order valence-corrected chi connectivity index (χ0v) is 17.7. The van der Waals surface area contributed by atoms with Crippen LogP contribution in [0.3, 0.4) is 0 Å². The zero-order chi connectivity index (χ0) is 20.6. The Morgan fingerprint density at radius 2 is 1.86 bits per heavy atom. The number of amides is 1. The molecule has 0 spiro atoms. The lowest BCUT2D eigenvalue weighted by atomic mass is 10.1. The monoisotopic (exact) mass is 431 g/mol. The number of carbonyl (C=O) groups is 1. The molecule has 29 heavy (non-hydrogen) atoms. The second-order valence-corrected chi connectivity index (χ2v) is 9.69. The molecule has 0 aromatic heterocycles. The van der Waals surface area contributed by atoms with Crippen LogP contribution in [0.25, 0.3) is 0 Å². The molecule has 152 valence electrons. The van der Waals surface area contributed by atoms with Crippen molar-refractivity contribution in [2.75, 3.05) is 18.1 Å². The Hall–Kier alpha value is -2.38. The normalized spacial score (nSPS) is 18.2. The first-order valence-electron chi connectivity index (χ1n) is 9.62. The third-order valence-electron chi connectivity index (χ3n) is 5.20. The summed E-state index contributed by atoms with van der Waals surface area (Å²) >= 11 is 6.10. The molecule has 0 saturated carbocycles. The van der Waals surface area contributed by atoms with Crippen LogP contribution in [0.15, 0.2) is 52.5 Å². The average Bonchev–Trinajstić information content (AvgIpc) is 2.70. The van der Waals surface area contributed by atoms with Crippen molar-refractivity contribution in [3.05, 3.63) is 58.6 Å². The van der Waals surface area contributed by atoms with Gasteiger partial charge in [0.25, 0.3) is 5.91 Å². The van der Waals surface area contributed by atoms with Crippen molar-refractivity contribution in [3.8, 4) is 0 Å². The van der Waals surface area contributed by atoms with E-state index in [-0.39, 0.29) is 4.90 Å². The van der Waals surface area contributed by atoms with Crippen molar-refractivity contribution >= 4 is 38.1 Å². The average molecular weight is 432 g/mol. The lowest BCUT2D eigenvalue weighted by Crippen LogP contribution is -2.45. The number of piperidine rings is 1. The maximum Gasteiger partial charge on any atom is 0.286 e. The van der Waals surface area contributed by atoms with Gasteiger partial charge in [-0.2, -0.15) is 5.10 Å². The number of hydrazone groups is 1. The molecule has 2 aromatic rings. The van der Waals surface area contributed by atoms with Gasteiger partial charge in [0.1, 0.15) is 0 Å². The van der Waals surface area contributed by atoms with Crippen LogP contribution >= 0.6 is 11.6 Å². The first-order chi connectivity index (χ1) is 13.9. The molecule has 0 aliphatic carbocycles. The highest BCUT2D eigenvalue weighted by atomic mass is 35.5. The van der Waals surface area contributed by atoms with Crippen molar-refractivity contribution in [1.82, 2.24) is 4.90 Å². The number of hydrogen-bond donors (Lipinski definition) is 0. The molecular weight excluding hydrogens is 410 g/mol. The summed E-state index contributed by atoms with van der Waals surface area (Å²) < 4.78 is 26.5. The molecule has 2 aromatic carbocycles. The summed E-state index contributed by atoms with van der Waals surface area (Å²) in [4.78, 5) is 14.8. The fourth-order valence-electron chi connectivity index (χ4n) is 3.70. The Labute approximate surface area is 175 Å². The van der Waals surface area contributed by atoms with Crippen LogP contribution in [0.1, 0.15) is 30.4 Å². The summed E-state index contributed by atoms with van der Waals surface area (Å²) in [7, 11) is -3.99. The maximum absolute atomic E-state index is 13.2. The van der Waals surface area contributed by atoms with Gasteiger partial charge in [-0.05, 0) is 61.6 Å². The van der Waals surface area contributed by atoms with E-state index in [1.165, 1.54) is 0 Å². The van der Waals surface area contributed by atoms with Crippen molar-refractivity contribution < 1.29 is 13.2 Å². The Morgan fingerprint density at radius 1 is 1.10 bits per heavy atom. The quantitative estimate of drug-likeness (QED) is 0.741. The minimum Gasteiger partial charge on any atom is -0.337 e. The number of halogens is 1. The second kappa shape index (κ2) is 7.80. The smallest absolute Gasteiger partial charge is 0.286 e. The summed E-state index contributed by atoms with van der Waals surface area (Å²) in [6.07, 6.45) is 2.80. The van der Waals surface area contributed by atoms with E-state index in [9.17, 15) is 13.2 Å². The van der Waals surface area contributed by atoms with Gasteiger partial charge in [-0.25, -0.2) is 8.42 Å². The number of aryl methyl sites for hydroxylation is 1. The number of anilines is 1. The minimum absolute atomic E-state index is 0.112. The summed E-state index contributed by atoms with van der Waals surface area (Å²) in [5, 5.41) is 6.12. The number of nitrogens with zero attached hydrogens (tertiary/aromatic N) is 3. The van der Waals surface area contributed by atoms with Crippen molar-refractivity contribution in [3.63, 3.8) is 0 Å². The summed E-state index contributed by atoms with van der Waals surface area (Å²) in [5.41, 5.74) is 2.26. The molecule has 2 heterocycles. The second-order valence-electron chi connectivity index (χ2n) is 7.42. The maximum atomic E-state index is 13.2. The molecule has 0 radical (unpaired) electrons. The van der Waals surface area contributed by atoms with Crippen LogP contribution in [-0.4, -0.2) is 37.4 Å². The molecule has 1 amide bonds. The molecule has 1 fully saturated rings. The van der Waals surface area contributed by atoms with Gasteiger partial charge in [0.15, 0.2) is 0 Å². The Kier molecular flexibility index (Phi) is 5.36. The molecule has 1 saturated heterocycles. The molecule has 6 nitrogen and oxygen atoms in total. The Balaban J connectivity index is 1.79. The minimum atomic E-state index is -3.99. The molecule has 0 atom stereocenters. The Bertz CT molecular complexity index is 1090. The van der Waals surface area contributed by atoms with E-state index in [2.05, 4.69) is 5.10 Å². The first-order valence-corrected chi connectivity index (χ1v) is 11.5. The van der Waals surface area contributed by atoms with Crippen molar-refractivity contribution in [2.24, 2.45) is 5.10 Å². The van der Waals surface area contributed by atoms with Gasteiger partial charge in [-0.1, -0.05) is 29.8 Å². The van der Waals surface area contributed by atoms with E-state index in [4.69, 9.17) is 11.6 Å². The standard InChI is InChI=1S/C21H22ClN3O3S/c1-15-8-9-19-18(12-15)25(14-16-6-5-7-17(22)13-16)23-20(29(19,27)28)21(26)24-10-3-2-4-11-24/h5-9,12-13H,2-4,10-11,14H2,1H3. The fourth-order valence-corrected chi connectivity index (χ4v) is 5.37. The third-order valence-corrected chi connectivity index (χ3v) is 7.12. The van der Waals surface area contributed by atoms with E-state index in [0.29, 0.717) is 30.3 Å². The van der Waals surface area contributed by atoms with Gasteiger partial charge in [-0.15, -0.1) is 0 Å². The number of hydrogen-bond acceptors (Lipinski definition) is 5. The fraction of sp³-hybridized carbons (Fsp3) is 0.333. The molecule has 0 unspecified atom stereocenters. The highest BCUT2D eigenvalue weighted by Gasteiger charge is 2.39. The molecule has 2 aliphatic rings. The molecular formula is C21H22ClN3O3S. The SMILES string of the molecule is Cc1ccc2c(c1)N(Cc1cccc(Cl)c1)N=C(C(=O)N1CCCCC1)S2(=O)=O. The third kappa shape index (κ3) is 3.89. The van der Waals surface area contributed by atoms with Crippen LogP contribution in [-0.2, 0) is 21.2 Å². The number of benzene rings is 2. The summed E-state index contributed by atoms with van der Waals surface area (Å²) in [5.74, 6) is -0.521. The Morgan fingerprint density at radius 3 is 2.59 bits per heavy atom. The molecule has 4 rings (SSSR count). The predicted octanol–water partition coefficient (Wildman–Crippen LogP) is 3.77. The number of likely N-dealkylation sites (tertiary alicyclic amines) is 1. The molecule has 0 N–H and O–H groups in total. The lowest BCUT2D eigenvalue weighted by Gasteiger charge is -2.31. The van der Waals surface area contributed by atoms with Crippen LogP contribution in [0.5, 0.6) is 0 Å². The van der Waals surface area contributed by atoms with Crippen LogP contribution in [0.2, 0.25) is 5.02 Å². The topological polar surface area (TPSA) is 70.1 Å². The van der Waals surface area contributed by atoms with Crippen LogP contribution in [0.4, 0.5) is 5.69 Å². The number of sulfone groups is 1. The first kappa shape index (κ1) is 19.9. The van der Waals surface area contributed by atoms with Gasteiger partial charge in [0.2, 0.25) is 14.9 Å². The predicted molar refractivity (Wildman–Crippen MR) is 114 cm³/mol. The van der Waals surface area contributed by atoms with Gasteiger partial charge in [0.05, 0.1) is 17.1 Å². The summed E-state index contributed by atoms with van der Waals surface area (Å²) in [6, 6.07) is 12.4. The highest BCUT2D eigenvalue weighted by molar-refractivity contribution is 8.08. The van der Waals surface area contributed by atoms with Crippen LogP contribution in [0, 0.1) is 6.92 Å². The van der Waals surface area contributed by atoms with E-state index in [1.807, 2.05) is 25.1 Å². The lowest BCUT2D eigenvalue weighted by molar-refractivity contribution is -0.124. The molecule has 8 heteroatoms. The largest absolute Gasteiger partial charge is 0.337 e. The molecule has 2 aliphatic heterocycles. The van der Waals surface area contributed by atoms with Gasteiger partial charge >= 0.3 is 0 Å².